The van der Waals surface area contributed by atoms with Gasteiger partial charge in [-0.2, -0.15) is 11.8 Å². The fourth-order valence-corrected chi connectivity index (χ4v) is 3.27. The van der Waals surface area contributed by atoms with Crippen LogP contribution in [-0.4, -0.2) is 27.1 Å². The summed E-state index contributed by atoms with van der Waals surface area (Å²) in [6.07, 6.45) is 2.83. The summed E-state index contributed by atoms with van der Waals surface area (Å²) >= 11 is 1.85. The average Bonchev–Trinajstić information content (AvgIpc) is 2.87. The van der Waals surface area contributed by atoms with E-state index in [4.69, 9.17) is 5.73 Å². The van der Waals surface area contributed by atoms with Crippen LogP contribution in [0.4, 0.5) is 11.5 Å². The number of rotatable bonds is 5. The molecule has 1 aromatic rings. The van der Waals surface area contributed by atoms with Gasteiger partial charge in [-0.15, -0.1) is 0 Å². The zero-order chi connectivity index (χ0) is 13.8. The number of nitrogens with two attached hydrogens (primary N) is 1. The highest BCUT2D eigenvalue weighted by Crippen LogP contribution is 2.22. The maximum absolute atomic E-state index is 11.9. The van der Waals surface area contributed by atoms with Gasteiger partial charge in [0, 0.05) is 18.3 Å². The van der Waals surface area contributed by atoms with Crippen LogP contribution in [0.25, 0.3) is 0 Å². The highest BCUT2D eigenvalue weighted by Gasteiger charge is 2.19. The van der Waals surface area contributed by atoms with E-state index < -0.39 is 11.2 Å². The molecule has 1 unspecified atom stereocenters. The highest BCUT2D eigenvalue weighted by atomic mass is 32.2. The molecule has 0 bridgehead atoms. The van der Waals surface area contributed by atoms with Gasteiger partial charge >= 0.3 is 5.69 Å². The van der Waals surface area contributed by atoms with Crippen LogP contribution >= 0.6 is 11.8 Å². The van der Waals surface area contributed by atoms with Crippen molar-refractivity contribution in [2.75, 3.05) is 22.6 Å². The van der Waals surface area contributed by atoms with Gasteiger partial charge in [0.1, 0.15) is 11.5 Å². The number of nitrogens with one attached hydrogen (secondary N) is 2. The van der Waals surface area contributed by atoms with E-state index in [-0.39, 0.29) is 11.9 Å². The van der Waals surface area contributed by atoms with Crippen molar-refractivity contribution in [3.05, 3.63) is 20.8 Å². The molecule has 4 N–H and O–H groups in total. The van der Waals surface area contributed by atoms with Gasteiger partial charge in [-0.1, -0.05) is 13.3 Å². The fourth-order valence-electron chi connectivity index (χ4n) is 2.12. The Hall–Kier alpha value is -1.37. The SMILES string of the molecule is CCCCn1c(N)c(NC2CCSC2)c(=O)[nH]c1=O. The lowest BCUT2D eigenvalue weighted by Crippen LogP contribution is -2.36. The summed E-state index contributed by atoms with van der Waals surface area (Å²) in [7, 11) is 0. The molecule has 0 saturated carbocycles. The molecule has 1 saturated heterocycles. The molecule has 1 aliphatic rings. The Labute approximate surface area is 115 Å². The lowest BCUT2D eigenvalue weighted by atomic mass is 10.2. The standard InChI is InChI=1S/C12H20N4O2S/c1-2-3-5-16-10(13)9(11(17)15-12(16)18)14-8-4-6-19-7-8/h8,14H,2-7,13H2,1H3,(H,15,17,18). The summed E-state index contributed by atoms with van der Waals surface area (Å²) in [6.45, 7) is 2.58. The van der Waals surface area contributed by atoms with E-state index in [0.29, 0.717) is 12.2 Å². The minimum Gasteiger partial charge on any atom is -0.383 e. The summed E-state index contributed by atoms with van der Waals surface area (Å²) in [6, 6.07) is 0.255. The minimum atomic E-state index is -0.428. The number of hydrogen-bond donors (Lipinski definition) is 3. The second-order valence-corrected chi connectivity index (χ2v) is 5.88. The summed E-state index contributed by atoms with van der Waals surface area (Å²) < 4.78 is 1.44. The third kappa shape index (κ3) is 3.15. The van der Waals surface area contributed by atoms with Gasteiger partial charge in [0.25, 0.3) is 5.56 Å². The Bertz CT molecular complexity index is 546. The van der Waals surface area contributed by atoms with Gasteiger partial charge in [0.15, 0.2) is 0 Å². The molecule has 1 fully saturated rings. The molecule has 1 atom stereocenters. The monoisotopic (exact) mass is 284 g/mol. The molecule has 106 valence electrons. The largest absolute Gasteiger partial charge is 0.383 e. The molecule has 0 aromatic carbocycles. The Morgan fingerprint density at radius 2 is 2.32 bits per heavy atom. The lowest BCUT2D eigenvalue weighted by Gasteiger charge is -2.16. The first kappa shape index (κ1) is 14.0. The number of H-pyrrole nitrogens is 1. The Kier molecular flexibility index (Phi) is 4.57. The van der Waals surface area contributed by atoms with Crippen LogP contribution < -0.4 is 22.3 Å². The van der Waals surface area contributed by atoms with Gasteiger partial charge in [-0.25, -0.2) is 4.79 Å². The first-order valence-electron chi connectivity index (χ1n) is 6.60. The van der Waals surface area contributed by atoms with Crippen molar-refractivity contribution < 1.29 is 0 Å². The van der Waals surface area contributed by atoms with E-state index in [1.54, 1.807) is 0 Å². The number of thioether (sulfide) groups is 1. The van der Waals surface area contributed by atoms with Gasteiger partial charge in [-0.3, -0.25) is 14.3 Å². The number of nitrogen functional groups attached to an aromatic ring is 1. The van der Waals surface area contributed by atoms with Crippen molar-refractivity contribution in [2.24, 2.45) is 0 Å². The van der Waals surface area contributed by atoms with E-state index in [9.17, 15) is 9.59 Å². The van der Waals surface area contributed by atoms with Crippen molar-refractivity contribution in [3.8, 4) is 0 Å². The molecule has 7 heteroatoms. The summed E-state index contributed by atoms with van der Waals surface area (Å²) in [5, 5.41) is 3.17. The molecule has 19 heavy (non-hydrogen) atoms. The predicted molar refractivity (Wildman–Crippen MR) is 80.0 cm³/mol. The Morgan fingerprint density at radius 1 is 1.53 bits per heavy atom. The van der Waals surface area contributed by atoms with Crippen LogP contribution in [-0.2, 0) is 6.54 Å². The van der Waals surface area contributed by atoms with Crippen LogP contribution in [0.3, 0.4) is 0 Å². The van der Waals surface area contributed by atoms with E-state index in [1.165, 1.54) is 4.57 Å². The smallest absolute Gasteiger partial charge is 0.330 e. The van der Waals surface area contributed by atoms with Crippen LogP contribution in [0, 0.1) is 0 Å². The number of hydrogen-bond acceptors (Lipinski definition) is 5. The second-order valence-electron chi connectivity index (χ2n) is 4.73. The third-order valence-corrected chi connectivity index (χ3v) is 4.42. The van der Waals surface area contributed by atoms with Gasteiger partial charge < -0.3 is 11.1 Å². The average molecular weight is 284 g/mol. The highest BCUT2D eigenvalue weighted by molar-refractivity contribution is 7.99. The Morgan fingerprint density at radius 3 is 2.95 bits per heavy atom. The van der Waals surface area contributed by atoms with E-state index >= 15 is 0 Å². The molecule has 6 nitrogen and oxygen atoms in total. The summed E-state index contributed by atoms with van der Waals surface area (Å²) in [5.74, 6) is 2.30. The molecule has 1 aliphatic heterocycles. The van der Waals surface area contributed by atoms with Gasteiger partial charge in [0.05, 0.1) is 0 Å². The van der Waals surface area contributed by atoms with Crippen molar-refractivity contribution in [1.29, 1.82) is 0 Å². The van der Waals surface area contributed by atoms with Gasteiger partial charge in [0.2, 0.25) is 0 Å². The van der Waals surface area contributed by atoms with Crippen molar-refractivity contribution in [2.45, 2.75) is 38.8 Å². The second kappa shape index (κ2) is 6.18. The molecule has 0 amide bonds. The quantitative estimate of drug-likeness (QED) is 0.745. The first-order chi connectivity index (χ1) is 9.13. The molecule has 0 spiro atoms. The molecule has 2 rings (SSSR count). The van der Waals surface area contributed by atoms with Crippen LogP contribution in [0.5, 0.6) is 0 Å². The van der Waals surface area contributed by atoms with Crippen molar-refractivity contribution in [1.82, 2.24) is 9.55 Å². The zero-order valence-corrected chi connectivity index (χ0v) is 11.9. The number of unbranched alkanes of at least 4 members (excludes halogenated alkanes) is 1. The Balaban J connectivity index is 2.30. The normalized spacial score (nSPS) is 18.7. The fraction of sp³-hybridized carbons (Fsp3) is 0.667. The van der Waals surface area contributed by atoms with Crippen LogP contribution in [0.1, 0.15) is 26.2 Å². The lowest BCUT2D eigenvalue weighted by molar-refractivity contribution is 0.604. The topological polar surface area (TPSA) is 92.9 Å². The van der Waals surface area contributed by atoms with E-state index in [2.05, 4.69) is 10.3 Å². The maximum atomic E-state index is 11.9. The summed E-state index contributed by atoms with van der Waals surface area (Å²) in [4.78, 5) is 25.9. The van der Waals surface area contributed by atoms with Crippen molar-refractivity contribution in [3.63, 3.8) is 0 Å². The molecule has 0 aliphatic carbocycles. The maximum Gasteiger partial charge on any atom is 0.330 e. The van der Waals surface area contributed by atoms with Crippen LogP contribution in [0.2, 0.25) is 0 Å². The van der Waals surface area contributed by atoms with E-state index in [0.717, 1.165) is 30.8 Å². The summed E-state index contributed by atoms with van der Waals surface area (Å²) in [5.41, 5.74) is 5.46. The number of nitrogens with zero attached hydrogens (tertiary/aromatic N) is 1. The van der Waals surface area contributed by atoms with Crippen LogP contribution in [0.15, 0.2) is 9.59 Å². The predicted octanol–water partition coefficient (Wildman–Crippen LogP) is 0.836. The molecule has 0 radical (unpaired) electrons. The minimum absolute atomic E-state index is 0.249. The molecular formula is C12H20N4O2S. The molecule has 2 heterocycles. The zero-order valence-electron chi connectivity index (χ0n) is 11.1. The number of aromatic nitrogens is 2. The number of aromatic amines is 1. The number of anilines is 2. The first-order valence-corrected chi connectivity index (χ1v) is 7.75. The van der Waals surface area contributed by atoms with Gasteiger partial charge in [-0.05, 0) is 18.6 Å². The third-order valence-electron chi connectivity index (χ3n) is 3.25. The molecular weight excluding hydrogens is 264 g/mol. The molecule has 1 aromatic heterocycles. The van der Waals surface area contributed by atoms with Crippen molar-refractivity contribution >= 4 is 23.3 Å². The van der Waals surface area contributed by atoms with E-state index in [1.807, 2.05) is 18.7 Å².